The topological polar surface area (TPSA) is 82.6 Å². The second-order valence-electron chi connectivity index (χ2n) is 6.38. The normalized spacial score (nSPS) is 17.6. The van der Waals surface area contributed by atoms with Crippen LogP contribution in [0.25, 0.3) is 0 Å². The summed E-state index contributed by atoms with van der Waals surface area (Å²) in [6.07, 6.45) is 1.12. The second kappa shape index (κ2) is 7.85. The largest absolute Gasteiger partial charge is 0.342 e. The fourth-order valence-electron chi connectivity index (χ4n) is 2.73. The van der Waals surface area contributed by atoms with Gasteiger partial charge in [0.25, 0.3) is 0 Å². The predicted octanol–water partition coefficient (Wildman–Crippen LogP) is 1.39. The highest BCUT2D eigenvalue weighted by atomic mass is 32.1. The number of nitrogens with one attached hydrogen (secondary N) is 1. The average Bonchev–Trinajstić information content (AvgIpc) is 3.02. The number of rotatable bonds is 7. The van der Waals surface area contributed by atoms with Crippen LogP contribution < -0.4 is 5.32 Å². The van der Waals surface area contributed by atoms with E-state index < -0.39 is 0 Å². The highest BCUT2D eigenvalue weighted by Crippen LogP contribution is 2.25. The van der Waals surface area contributed by atoms with Crippen LogP contribution in [0.3, 0.4) is 0 Å². The van der Waals surface area contributed by atoms with Gasteiger partial charge in [0, 0.05) is 26.4 Å². The molecule has 1 N–H and O–H groups in total. The molecular weight excluding hydrogens is 328 g/mol. The van der Waals surface area contributed by atoms with E-state index in [2.05, 4.69) is 15.2 Å². The number of carbonyl (C=O) groups excluding carboxylic acids is 3. The van der Waals surface area contributed by atoms with Crippen LogP contribution in [0, 0.1) is 12.8 Å². The van der Waals surface area contributed by atoms with Gasteiger partial charge in [-0.3, -0.25) is 14.4 Å². The van der Waals surface area contributed by atoms with E-state index in [0.717, 1.165) is 13.0 Å². The minimum absolute atomic E-state index is 0.0219. The van der Waals surface area contributed by atoms with Crippen LogP contribution in [0.2, 0.25) is 0 Å². The third kappa shape index (κ3) is 4.61. The molecule has 0 aromatic carbocycles. The van der Waals surface area contributed by atoms with Gasteiger partial charge in [-0.25, -0.2) is 4.98 Å². The summed E-state index contributed by atoms with van der Waals surface area (Å²) in [6, 6.07) is 0. The van der Waals surface area contributed by atoms with Crippen LogP contribution in [-0.2, 0) is 9.59 Å². The standard InChI is InChI=1S/C16H24N4O3S/c1-10-14(11(2)21)24-16(17-10)18-15(23)12-8-13(22)20(9-12)7-5-6-19(3)4/h12H,5-9H2,1-4H3,(H,17,18,23). The number of aryl methyl sites for hydroxylation is 1. The third-order valence-electron chi connectivity index (χ3n) is 3.97. The number of hydrogen-bond donors (Lipinski definition) is 1. The molecule has 1 saturated heterocycles. The van der Waals surface area contributed by atoms with Crippen molar-refractivity contribution in [1.82, 2.24) is 14.8 Å². The first-order valence-corrected chi connectivity index (χ1v) is 8.81. The first kappa shape index (κ1) is 18.5. The van der Waals surface area contributed by atoms with Crippen molar-refractivity contribution in [2.75, 3.05) is 39.0 Å². The Bertz CT molecular complexity index is 641. The monoisotopic (exact) mass is 352 g/mol. The van der Waals surface area contributed by atoms with Crippen LogP contribution in [0.5, 0.6) is 0 Å². The summed E-state index contributed by atoms with van der Waals surface area (Å²) in [4.78, 5) is 44.4. The lowest BCUT2D eigenvalue weighted by Gasteiger charge is -2.17. The molecule has 0 radical (unpaired) electrons. The molecule has 1 aliphatic heterocycles. The number of thiazole rings is 1. The average molecular weight is 352 g/mol. The third-order valence-corrected chi connectivity index (χ3v) is 5.14. The van der Waals surface area contributed by atoms with Crippen LogP contribution in [0.15, 0.2) is 0 Å². The first-order valence-electron chi connectivity index (χ1n) is 7.99. The van der Waals surface area contributed by atoms with Gasteiger partial charge >= 0.3 is 0 Å². The van der Waals surface area contributed by atoms with Crippen molar-refractivity contribution in [3.8, 4) is 0 Å². The van der Waals surface area contributed by atoms with E-state index in [0.29, 0.717) is 28.8 Å². The Morgan fingerprint density at radius 3 is 2.71 bits per heavy atom. The molecule has 2 amide bonds. The number of carbonyl (C=O) groups is 3. The molecule has 0 aliphatic carbocycles. The predicted molar refractivity (Wildman–Crippen MR) is 93.3 cm³/mol. The Kier molecular flexibility index (Phi) is 6.06. The molecule has 132 valence electrons. The van der Waals surface area contributed by atoms with Gasteiger partial charge in [-0.2, -0.15) is 0 Å². The van der Waals surface area contributed by atoms with Gasteiger partial charge < -0.3 is 15.1 Å². The van der Waals surface area contributed by atoms with Crippen molar-refractivity contribution in [3.63, 3.8) is 0 Å². The molecule has 7 nitrogen and oxygen atoms in total. The van der Waals surface area contributed by atoms with Crippen molar-refractivity contribution in [2.45, 2.75) is 26.7 Å². The van der Waals surface area contributed by atoms with Crippen molar-refractivity contribution >= 4 is 34.1 Å². The van der Waals surface area contributed by atoms with Crippen LogP contribution in [0.4, 0.5) is 5.13 Å². The summed E-state index contributed by atoms with van der Waals surface area (Å²) >= 11 is 1.18. The lowest BCUT2D eigenvalue weighted by atomic mass is 10.1. The molecule has 1 atom stereocenters. The SMILES string of the molecule is CC(=O)c1sc(NC(=O)C2CC(=O)N(CCCN(C)C)C2)nc1C. The molecule has 8 heteroatoms. The summed E-state index contributed by atoms with van der Waals surface area (Å²) in [5, 5.41) is 3.16. The van der Waals surface area contributed by atoms with E-state index in [1.165, 1.54) is 18.3 Å². The van der Waals surface area contributed by atoms with Gasteiger partial charge in [0.05, 0.1) is 16.5 Å². The maximum Gasteiger partial charge on any atom is 0.231 e. The molecule has 2 heterocycles. The Balaban J connectivity index is 1.90. The maximum atomic E-state index is 12.4. The number of amides is 2. The van der Waals surface area contributed by atoms with Gasteiger partial charge in [0.2, 0.25) is 11.8 Å². The fraction of sp³-hybridized carbons (Fsp3) is 0.625. The number of ketones is 1. The zero-order chi connectivity index (χ0) is 17.9. The lowest BCUT2D eigenvalue weighted by molar-refractivity contribution is -0.128. The minimum Gasteiger partial charge on any atom is -0.342 e. The van der Waals surface area contributed by atoms with Gasteiger partial charge in [0.1, 0.15) is 0 Å². The quantitative estimate of drug-likeness (QED) is 0.750. The molecule has 1 aromatic heterocycles. The van der Waals surface area contributed by atoms with Crippen molar-refractivity contribution in [1.29, 1.82) is 0 Å². The van der Waals surface area contributed by atoms with E-state index >= 15 is 0 Å². The first-order chi connectivity index (χ1) is 11.3. The maximum absolute atomic E-state index is 12.4. The number of nitrogens with zero attached hydrogens (tertiary/aromatic N) is 3. The fourth-order valence-corrected chi connectivity index (χ4v) is 3.59. The van der Waals surface area contributed by atoms with Crippen LogP contribution in [0.1, 0.15) is 35.1 Å². The lowest BCUT2D eigenvalue weighted by Crippen LogP contribution is -2.30. The number of Topliss-reactive ketones (excluding diaryl/α,β-unsaturated/α-hetero) is 1. The molecule has 1 aromatic rings. The van der Waals surface area contributed by atoms with Crippen molar-refractivity contribution in [3.05, 3.63) is 10.6 Å². The molecular formula is C16H24N4O3S. The highest BCUT2D eigenvalue weighted by molar-refractivity contribution is 7.17. The van der Waals surface area contributed by atoms with Crippen molar-refractivity contribution in [2.24, 2.45) is 5.92 Å². The molecule has 0 bridgehead atoms. The van der Waals surface area contributed by atoms with Gasteiger partial charge in [-0.1, -0.05) is 11.3 Å². The number of hydrogen-bond acceptors (Lipinski definition) is 6. The zero-order valence-corrected chi connectivity index (χ0v) is 15.4. The number of anilines is 1. The number of likely N-dealkylation sites (tertiary alicyclic amines) is 1. The molecule has 0 saturated carbocycles. The smallest absolute Gasteiger partial charge is 0.231 e. The van der Waals surface area contributed by atoms with E-state index in [-0.39, 0.29) is 29.9 Å². The zero-order valence-electron chi connectivity index (χ0n) is 14.6. The summed E-state index contributed by atoms with van der Waals surface area (Å²) in [7, 11) is 3.99. The van der Waals surface area contributed by atoms with Gasteiger partial charge in [-0.15, -0.1) is 0 Å². The summed E-state index contributed by atoms with van der Waals surface area (Å²) in [5.74, 6) is -0.605. The Labute approximate surface area is 146 Å². The second-order valence-corrected chi connectivity index (χ2v) is 7.38. The summed E-state index contributed by atoms with van der Waals surface area (Å²) in [6.45, 7) is 5.25. The van der Waals surface area contributed by atoms with Gasteiger partial charge in [0.15, 0.2) is 10.9 Å². The Morgan fingerprint density at radius 2 is 2.12 bits per heavy atom. The molecule has 1 fully saturated rings. The summed E-state index contributed by atoms with van der Waals surface area (Å²) in [5.41, 5.74) is 0.621. The van der Waals surface area contributed by atoms with Crippen molar-refractivity contribution < 1.29 is 14.4 Å². The Hall–Kier alpha value is -1.80. The van der Waals surface area contributed by atoms with Crippen LogP contribution >= 0.6 is 11.3 Å². The minimum atomic E-state index is -0.359. The van der Waals surface area contributed by atoms with E-state index in [4.69, 9.17) is 0 Å². The van der Waals surface area contributed by atoms with E-state index in [9.17, 15) is 14.4 Å². The Morgan fingerprint density at radius 1 is 1.42 bits per heavy atom. The van der Waals surface area contributed by atoms with E-state index in [1.54, 1.807) is 11.8 Å². The molecule has 2 rings (SSSR count). The van der Waals surface area contributed by atoms with E-state index in [1.807, 2.05) is 14.1 Å². The summed E-state index contributed by atoms with van der Waals surface area (Å²) < 4.78 is 0. The molecule has 1 unspecified atom stereocenters. The highest BCUT2D eigenvalue weighted by Gasteiger charge is 2.34. The molecule has 0 spiro atoms. The molecule has 1 aliphatic rings. The van der Waals surface area contributed by atoms with Crippen LogP contribution in [-0.4, -0.2) is 66.1 Å². The molecule has 24 heavy (non-hydrogen) atoms. The number of aromatic nitrogens is 1. The van der Waals surface area contributed by atoms with Gasteiger partial charge in [-0.05, 0) is 34.0 Å².